The van der Waals surface area contributed by atoms with Gasteiger partial charge in [-0.15, -0.1) is 0 Å². The summed E-state index contributed by atoms with van der Waals surface area (Å²) in [6.07, 6.45) is 4.17. The molecule has 1 atom stereocenters. The van der Waals surface area contributed by atoms with Crippen LogP contribution in [0, 0.1) is 5.92 Å². The maximum absolute atomic E-state index is 5.92. The molecule has 2 N–H and O–H groups in total. The highest BCUT2D eigenvalue weighted by atomic mass is 16.5. The molecule has 2 rings (SSSR count). The number of likely N-dealkylation sites (tertiary alicyclic amines) is 1. The molecule has 0 bridgehead atoms. The van der Waals surface area contributed by atoms with Gasteiger partial charge in [-0.05, 0) is 25.2 Å². The van der Waals surface area contributed by atoms with Crippen molar-refractivity contribution in [3.63, 3.8) is 0 Å². The zero-order chi connectivity index (χ0) is 10.2. The third-order valence-electron chi connectivity index (χ3n) is 3.99. The molecule has 2 aliphatic rings. The minimum absolute atomic E-state index is 0.326. The molecule has 1 aliphatic carbocycles. The number of nitrogens with two attached hydrogens (primary N) is 1. The largest absolute Gasteiger partial charge is 0.380 e. The molecule has 0 aromatic carbocycles. The molecule has 0 aromatic rings. The van der Waals surface area contributed by atoms with E-state index >= 15 is 0 Å². The normalized spacial score (nSPS) is 43.9. The summed E-state index contributed by atoms with van der Waals surface area (Å²) in [6.45, 7) is 5.38. The number of hydrogen-bond acceptors (Lipinski definition) is 3. The number of ether oxygens (including phenoxy) is 1. The van der Waals surface area contributed by atoms with Crippen molar-refractivity contribution < 1.29 is 4.74 Å². The molecule has 1 saturated carbocycles. The Hall–Kier alpha value is -0.120. The van der Waals surface area contributed by atoms with Crippen LogP contribution in [0.25, 0.3) is 0 Å². The van der Waals surface area contributed by atoms with Gasteiger partial charge in [0.2, 0.25) is 0 Å². The van der Waals surface area contributed by atoms with Crippen LogP contribution < -0.4 is 5.73 Å². The van der Waals surface area contributed by atoms with Crippen LogP contribution in [0.15, 0.2) is 0 Å². The average molecular weight is 198 g/mol. The molecule has 0 amide bonds. The number of nitrogens with zero attached hydrogens (tertiary/aromatic N) is 1. The van der Waals surface area contributed by atoms with E-state index in [9.17, 15) is 0 Å². The van der Waals surface area contributed by atoms with Crippen molar-refractivity contribution in [1.29, 1.82) is 0 Å². The molecule has 1 aliphatic heterocycles. The van der Waals surface area contributed by atoms with E-state index in [1.54, 1.807) is 0 Å². The fraction of sp³-hybridized carbons (Fsp3) is 1.00. The molecular weight excluding hydrogens is 176 g/mol. The number of hydrogen-bond donors (Lipinski definition) is 1. The maximum Gasteiger partial charge on any atom is 0.0710 e. The van der Waals surface area contributed by atoms with Gasteiger partial charge in [-0.2, -0.15) is 0 Å². The van der Waals surface area contributed by atoms with E-state index in [4.69, 9.17) is 10.5 Å². The van der Waals surface area contributed by atoms with Crippen molar-refractivity contribution >= 4 is 0 Å². The van der Waals surface area contributed by atoms with Crippen LogP contribution in [0.2, 0.25) is 0 Å². The summed E-state index contributed by atoms with van der Waals surface area (Å²) in [7, 11) is 1.81. The van der Waals surface area contributed by atoms with Crippen molar-refractivity contribution in [3.05, 3.63) is 0 Å². The van der Waals surface area contributed by atoms with Crippen molar-refractivity contribution in [2.45, 2.75) is 37.8 Å². The first kappa shape index (κ1) is 10.4. The Morgan fingerprint density at radius 2 is 2.21 bits per heavy atom. The Balaban J connectivity index is 1.94. The van der Waals surface area contributed by atoms with E-state index in [0.29, 0.717) is 11.6 Å². The highest BCUT2D eigenvalue weighted by molar-refractivity contribution is 5.04. The molecule has 82 valence electrons. The second-order valence-corrected chi connectivity index (χ2v) is 5.03. The summed E-state index contributed by atoms with van der Waals surface area (Å²) >= 11 is 0. The van der Waals surface area contributed by atoms with Gasteiger partial charge < -0.3 is 10.5 Å². The smallest absolute Gasteiger partial charge is 0.0710 e. The van der Waals surface area contributed by atoms with E-state index in [0.717, 1.165) is 19.0 Å². The molecule has 3 nitrogen and oxygen atoms in total. The van der Waals surface area contributed by atoms with Gasteiger partial charge >= 0.3 is 0 Å². The molecule has 1 unspecified atom stereocenters. The molecule has 2 fully saturated rings. The molecule has 3 heteroatoms. The zero-order valence-electron chi connectivity index (χ0n) is 9.33. The summed E-state index contributed by atoms with van der Waals surface area (Å²) in [5, 5.41) is 0. The van der Waals surface area contributed by atoms with Gasteiger partial charge in [-0.3, -0.25) is 4.90 Å². The lowest BCUT2D eigenvalue weighted by Crippen LogP contribution is -2.60. The van der Waals surface area contributed by atoms with Crippen LogP contribution in [0.4, 0.5) is 0 Å². The van der Waals surface area contributed by atoms with E-state index in [2.05, 4.69) is 11.8 Å². The zero-order valence-corrected chi connectivity index (χ0v) is 9.33. The van der Waals surface area contributed by atoms with Gasteiger partial charge in [0, 0.05) is 32.3 Å². The molecular formula is C11H22N2O. The predicted molar refractivity (Wildman–Crippen MR) is 57.2 cm³/mol. The second-order valence-electron chi connectivity index (χ2n) is 5.03. The highest BCUT2D eigenvalue weighted by Crippen LogP contribution is 2.43. The first-order chi connectivity index (χ1) is 6.70. The van der Waals surface area contributed by atoms with Crippen molar-refractivity contribution in [1.82, 2.24) is 4.90 Å². The van der Waals surface area contributed by atoms with E-state index < -0.39 is 0 Å². The summed E-state index contributed by atoms with van der Waals surface area (Å²) < 4.78 is 5.39. The molecule has 0 spiro atoms. The summed E-state index contributed by atoms with van der Waals surface area (Å²) in [5.41, 5.74) is 6.24. The van der Waals surface area contributed by atoms with Gasteiger partial charge in [0.1, 0.15) is 0 Å². The Morgan fingerprint density at radius 3 is 2.64 bits per heavy atom. The Kier molecular flexibility index (Phi) is 2.82. The third kappa shape index (κ3) is 1.58. The predicted octanol–water partition coefficient (Wildman–Crippen LogP) is 0.834. The summed E-state index contributed by atoms with van der Waals surface area (Å²) in [4.78, 5) is 2.56. The number of rotatable bonds is 3. The topological polar surface area (TPSA) is 38.5 Å². The van der Waals surface area contributed by atoms with E-state index in [1.807, 2.05) is 7.11 Å². The molecule has 1 saturated heterocycles. The van der Waals surface area contributed by atoms with Crippen molar-refractivity contribution in [3.8, 4) is 0 Å². The fourth-order valence-electron chi connectivity index (χ4n) is 3.14. The van der Waals surface area contributed by atoms with Gasteiger partial charge in [-0.1, -0.05) is 6.92 Å². The summed E-state index contributed by atoms with van der Waals surface area (Å²) in [5.74, 6) is 0.861. The Morgan fingerprint density at radius 1 is 1.50 bits per heavy atom. The third-order valence-corrected chi connectivity index (χ3v) is 3.99. The van der Waals surface area contributed by atoms with Gasteiger partial charge in [0.05, 0.1) is 6.10 Å². The molecule has 1 heterocycles. The second kappa shape index (κ2) is 3.80. The fourth-order valence-corrected chi connectivity index (χ4v) is 3.14. The molecule has 0 aromatic heterocycles. The minimum atomic E-state index is 0.326. The van der Waals surface area contributed by atoms with Crippen LogP contribution >= 0.6 is 0 Å². The van der Waals surface area contributed by atoms with Crippen LogP contribution in [-0.4, -0.2) is 43.3 Å². The first-order valence-corrected chi connectivity index (χ1v) is 5.68. The Bertz CT molecular complexity index is 201. The minimum Gasteiger partial charge on any atom is -0.380 e. The van der Waals surface area contributed by atoms with Crippen LogP contribution in [0.3, 0.4) is 0 Å². The average Bonchev–Trinajstić information content (AvgIpc) is 2.61. The standard InChI is InChI=1S/C11H22N2O/c1-9-5-11(6-9,8-12)13-4-3-10(7-13)14-2/h9-10H,3-8,12H2,1-2H3. The van der Waals surface area contributed by atoms with Gasteiger partial charge in [0.15, 0.2) is 0 Å². The maximum atomic E-state index is 5.92. The first-order valence-electron chi connectivity index (χ1n) is 5.68. The lowest BCUT2D eigenvalue weighted by atomic mass is 9.68. The lowest BCUT2D eigenvalue weighted by Gasteiger charge is -2.52. The molecule has 14 heavy (non-hydrogen) atoms. The van der Waals surface area contributed by atoms with Gasteiger partial charge in [-0.25, -0.2) is 0 Å². The van der Waals surface area contributed by atoms with Crippen molar-refractivity contribution in [2.75, 3.05) is 26.7 Å². The quantitative estimate of drug-likeness (QED) is 0.730. The van der Waals surface area contributed by atoms with Gasteiger partial charge in [0.25, 0.3) is 0 Å². The van der Waals surface area contributed by atoms with Crippen LogP contribution in [0.1, 0.15) is 26.2 Å². The highest BCUT2D eigenvalue weighted by Gasteiger charge is 2.47. The lowest BCUT2D eigenvalue weighted by molar-refractivity contribution is -0.00776. The van der Waals surface area contributed by atoms with Crippen LogP contribution in [-0.2, 0) is 4.74 Å². The Labute approximate surface area is 86.6 Å². The monoisotopic (exact) mass is 198 g/mol. The van der Waals surface area contributed by atoms with E-state index in [1.165, 1.54) is 25.8 Å². The summed E-state index contributed by atoms with van der Waals surface area (Å²) in [6, 6.07) is 0. The van der Waals surface area contributed by atoms with Crippen molar-refractivity contribution in [2.24, 2.45) is 11.7 Å². The van der Waals surface area contributed by atoms with Crippen LogP contribution in [0.5, 0.6) is 0 Å². The van der Waals surface area contributed by atoms with E-state index in [-0.39, 0.29) is 0 Å². The molecule has 0 radical (unpaired) electrons. The SMILES string of the molecule is COC1CCN(C2(CN)CC(C)C2)C1. The number of methoxy groups -OCH3 is 1.